The van der Waals surface area contributed by atoms with Gasteiger partial charge in [-0.25, -0.2) is 0 Å². The van der Waals surface area contributed by atoms with Crippen molar-refractivity contribution in [2.24, 2.45) is 51.8 Å². The van der Waals surface area contributed by atoms with E-state index in [1.807, 2.05) is 130 Å². The molecule has 9 aromatic carbocycles. The molecule has 2 heterocycles. The van der Waals surface area contributed by atoms with Gasteiger partial charge < -0.3 is 18.9 Å². The molecular formula is C123H174O4. The van der Waals surface area contributed by atoms with Crippen molar-refractivity contribution in [2.75, 3.05) is 0 Å². The maximum atomic E-state index is 5.72. The molecule has 0 N–H and O–H groups in total. The maximum Gasteiger partial charge on any atom is 0.184 e. The summed E-state index contributed by atoms with van der Waals surface area (Å²) < 4.78 is 22.7. The summed E-state index contributed by atoms with van der Waals surface area (Å²) in [6.07, 6.45) is 26.7. The molecule has 0 radical (unpaired) electrons. The van der Waals surface area contributed by atoms with Gasteiger partial charge in [0, 0.05) is 11.1 Å². The van der Waals surface area contributed by atoms with Gasteiger partial charge in [0.2, 0.25) is 0 Å². The molecule has 0 bridgehead atoms. The third kappa shape index (κ3) is 26.4. The van der Waals surface area contributed by atoms with Crippen molar-refractivity contribution in [3.63, 3.8) is 0 Å². The lowest BCUT2D eigenvalue weighted by molar-refractivity contribution is -0.239. The van der Waals surface area contributed by atoms with E-state index in [4.69, 9.17) is 18.9 Å². The van der Waals surface area contributed by atoms with Gasteiger partial charge >= 0.3 is 0 Å². The first kappa shape index (κ1) is 105. The normalized spacial score (nSPS) is 27.0. The van der Waals surface area contributed by atoms with Crippen LogP contribution in [0.3, 0.4) is 0 Å². The Kier molecular flexibility index (Phi) is 41.3. The number of allylic oxidation sites excluding steroid dienone is 4. The van der Waals surface area contributed by atoms with Gasteiger partial charge in [0.05, 0.1) is 24.4 Å². The van der Waals surface area contributed by atoms with E-state index >= 15 is 0 Å². The summed E-state index contributed by atoms with van der Waals surface area (Å²) in [5.41, 5.74) is 23.0. The molecule has 2 aliphatic heterocycles. The minimum absolute atomic E-state index is 0.175. The van der Waals surface area contributed by atoms with E-state index in [-0.39, 0.29) is 37.0 Å². The van der Waals surface area contributed by atoms with Crippen molar-refractivity contribution in [2.45, 2.75) is 367 Å². The van der Waals surface area contributed by atoms with Crippen LogP contribution in [-0.2, 0) is 60.9 Å². The van der Waals surface area contributed by atoms with Crippen LogP contribution in [0.1, 0.15) is 368 Å². The van der Waals surface area contributed by atoms with E-state index in [1.165, 1.54) is 123 Å². The van der Waals surface area contributed by atoms with Crippen molar-refractivity contribution in [3.05, 3.63) is 345 Å². The molecule has 127 heavy (non-hydrogen) atoms. The van der Waals surface area contributed by atoms with Crippen LogP contribution in [0.15, 0.2) is 278 Å². The van der Waals surface area contributed by atoms with E-state index in [1.54, 1.807) is 33.4 Å². The molecule has 4 nitrogen and oxygen atoms in total. The fourth-order valence-corrected chi connectivity index (χ4v) is 24.7. The first-order valence-corrected chi connectivity index (χ1v) is 50.5. The van der Waals surface area contributed by atoms with Gasteiger partial charge in [0.25, 0.3) is 0 Å². The summed E-state index contributed by atoms with van der Waals surface area (Å²) in [5.74, 6) is 6.53. The fraction of sp³-hybridized carbons (Fsp3) is 0.528. The number of ether oxygens (including phenoxy) is 4. The van der Waals surface area contributed by atoms with Gasteiger partial charge in [-0.3, -0.25) is 0 Å². The van der Waals surface area contributed by atoms with Gasteiger partial charge in [-0.05, 0) is 299 Å². The fourth-order valence-electron chi connectivity index (χ4n) is 24.7. The van der Waals surface area contributed by atoms with Crippen molar-refractivity contribution in [1.29, 1.82) is 0 Å². The topological polar surface area (TPSA) is 36.9 Å². The van der Waals surface area contributed by atoms with Crippen LogP contribution in [0.4, 0.5) is 0 Å². The molecule has 2 saturated heterocycles. The second kappa shape index (κ2) is 50.1. The van der Waals surface area contributed by atoms with Crippen LogP contribution in [0, 0.1) is 51.8 Å². The number of hydrogen-bond acceptors (Lipinski definition) is 4. The highest BCUT2D eigenvalue weighted by molar-refractivity contribution is 5.43. The predicted molar refractivity (Wildman–Crippen MR) is 549 cm³/mol. The number of hydrogen-bond donors (Lipinski definition) is 0. The number of aryl methyl sites for hydroxylation is 4. The van der Waals surface area contributed by atoms with E-state index in [0.717, 1.165) is 65.9 Å². The second-order valence-electron chi connectivity index (χ2n) is 40.2. The van der Waals surface area contributed by atoms with Crippen LogP contribution < -0.4 is 0 Å². The van der Waals surface area contributed by atoms with Crippen LogP contribution >= 0.6 is 0 Å². The molecule has 690 valence electrons. The first-order chi connectivity index (χ1) is 61.0. The zero-order chi connectivity index (χ0) is 92.7. The summed E-state index contributed by atoms with van der Waals surface area (Å²) in [7, 11) is 0. The number of benzene rings is 9. The molecule has 0 aromatic heterocycles. The maximum absolute atomic E-state index is 5.72. The molecule has 16 atom stereocenters. The summed E-state index contributed by atoms with van der Waals surface area (Å²) in [6.45, 7) is 61.2. The summed E-state index contributed by atoms with van der Waals surface area (Å²) in [6, 6.07) is 92.1. The Bertz CT molecular complexity index is 4300. The Balaban J connectivity index is 0.000000188. The molecule has 17 rings (SSSR count). The molecular weight excluding hydrogens is 1540 g/mol. The van der Waals surface area contributed by atoms with E-state index in [9.17, 15) is 0 Å². The third-order valence-corrected chi connectivity index (χ3v) is 31.3. The Morgan fingerprint density at radius 2 is 0.606 bits per heavy atom. The lowest BCUT2D eigenvalue weighted by Gasteiger charge is -2.59. The van der Waals surface area contributed by atoms with Crippen LogP contribution in [0.25, 0.3) is 0 Å². The third-order valence-electron chi connectivity index (χ3n) is 31.3. The lowest BCUT2D eigenvalue weighted by atomic mass is 9.46. The quantitative estimate of drug-likeness (QED) is 0.102. The smallest absolute Gasteiger partial charge is 0.184 e. The Morgan fingerprint density at radius 1 is 0.331 bits per heavy atom. The highest BCUT2D eigenvalue weighted by Gasteiger charge is 2.58. The van der Waals surface area contributed by atoms with E-state index < -0.39 is 0 Å². The van der Waals surface area contributed by atoms with Gasteiger partial charge in [-0.1, -0.05) is 417 Å². The minimum atomic E-state index is -0.185. The average molecular weight is 1720 g/mol. The monoisotopic (exact) mass is 1720 g/mol. The number of rotatable bonds is 14. The van der Waals surface area contributed by atoms with Crippen LogP contribution in [0.5, 0.6) is 0 Å². The lowest BCUT2D eigenvalue weighted by Crippen LogP contribution is -2.52. The molecule has 5 fully saturated rings. The van der Waals surface area contributed by atoms with Crippen LogP contribution in [0.2, 0.25) is 0 Å². The number of fused-ring (bicyclic) bond motifs is 9. The highest BCUT2D eigenvalue weighted by atomic mass is 16.7. The SMILES string of the molecule is CC.CC.CC.CC.CC(C)=CCC/C(C)=C/CCc1ccccc1.C[C@@H](c1ccccc1)[C@H]1CC[C@]2(C)c3ccccc3CC[C@H]2C1(C)C.C[C@@H]1OC(c2ccccc2)O[C@H]1C.C[C@H](c1ccccc1)[C@@H]1CC[C@@]2(C)c3ccccc3CC[C@@H]2C1(C)C.C[C@H](c1ccccc1)[C@H]1CC[C@]2(C)c3ccccc3CC[C@H]2C1(C)C.C[C@H]1C[C@H](C)OC(c2ccccc2)O1. The van der Waals surface area contributed by atoms with E-state index in [0.29, 0.717) is 50.2 Å². The zero-order valence-electron chi connectivity index (χ0n) is 84.7. The standard InChI is InChI=1S/3C25H32.C17H24.C12H16O2.C11H14O2.4C2H6/c3*1-18(19-10-6-5-7-11-19)21-16-17-25(4)22-13-9-8-12-20(22)14-15-23(25)24(21,2)3;1-15(2)9-7-10-16(3)11-8-14-17-12-5-4-6-13-17;1-9-8-10(2)14-12(13-9)11-6-4-3-5-7-11;1-8-9(2)13-11(12-8)10-6-4-3-5-7-10;4*1-2/h3*5-13,18,21,23H,14-17H2,1-4H3;4-6,9,11-13H,7-8,10,14H2,1-3H3;3-7,9-10,12H,8H2,1-2H3;3-9,11H,1-2H3;4*1-2H3/b;;;16-11+;;;;;;/t2*18-,21+,23-,25+;18-,21-,23+,25-;;9-,10-;8-,9-;;;;/m101.00..../s1. The molecule has 0 spiro atoms. The highest BCUT2D eigenvalue weighted by Crippen LogP contribution is 2.65. The molecule has 4 heteroatoms. The summed E-state index contributed by atoms with van der Waals surface area (Å²) in [4.78, 5) is 0. The Hall–Kier alpha value is -7.70. The van der Waals surface area contributed by atoms with Crippen molar-refractivity contribution >= 4 is 0 Å². The first-order valence-electron chi connectivity index (χ1n) is 50.5. The Labute approximate surface area is 777 Å². The van der Waals surface area contributed by atoms with Gasteiger partial charge in [-0.15, -0.1) is 0 Å². The van der Waals surface area contributed by atoms with Gasteiger partial charge in [-0.2, -0.15) is 0 Å². The molecule has 6 aliphatic carbocycles. The summed E-state index contributed by atoms with van der Waals surface area (Å²) in [5, 5.41) is 0. The zero-order valence-corrected chi connectivity index (χ0v) is 84.7. The second-order valence-corrected chi connectivity index (χ2v) is 40.2. The van der Waals surface area contributed by atoms with E-state index in [2.05, 4.69) is 324 Å². The summed E-state index contributed by atoms with van der Waals surface area (Å²) >= 11 is 0. The predicted octanol–water partition coefficient (Wildman–Crippen LogP) is 35.1. The minimum Gasteiger partial charge on any atom is -0.345 e. The van der Waals surface area contributed by atoms with Crippen molar-refractivity contribution < 1.29 is 18.9 Å². The molecule has 0 amide bonds. The Morgan fingerprint density at radius 3 is 0.913 bits per heavy atom. The molecule has 3 saturated carbocycles. The van der Waals surface area contributed by atoms with Crippen molar-refractivity contribution in [3.8, 4) is 0 Å². The molecule has 0 unspecified atom stereocenters. The van der Waals surface area contributed by atoms with Gasteiger partial charge in [0.1, 0.15) is 0 Å². The van der Waals surface area contributed by atoms with Crippen molar-refractivity contribution in [1.82, 2.24) is 0 Å². The molecule has 9 aromatic rings. The van der Waals surface area contributed by atoms with Crippen LogP contribution in [-0.4, -0.2) is 24.4 Å². The average Bonchev–Trinajstić information content (AvgIpc) is 0.784. The molecule has 8 aliphatic rings. The van der Waals surface area contributed by atoms with Gasteiger partial charge in [0.15, 0.2) is 12.6 Å². The largest absolute Gasteiger partial charge is 0.345 e.